The van der Waals surface area contributed by atoms with Gasteiger partial charge in [-0.15, -0.1) is 11.1 Å². The Morgan fingerprint density at radius 3 is 1.40 bits per heavy atom. The Hall–Kier alpha value is 0.428. The van der Waals surface area contributed by atoms with E-state index in [0.29, 0.717) is 0 Å². The van der Waals surface area contributed by atoms with E-state index in [9.17, 15) is 0 Å². The standard InChI is InChI=1S/C11H27Si4/c1-12(2)15(8,9)14(6,7)11-10-13(3,4)5/h1-9H3. The Bertz CT molecular complexity index is 273. The van der Waals surface area contributed by atoms with Crippen LogP contribution in [0, 0.1) is 11.1 Å². The number of hydrogen-bond acceptors (Lipinski definition) is 0. The van der Waals surface area contributed by atoms with Crippen molar-refractivity contribution in [2.75, 3.05) is 0 Å². The summed E-state index contributed by atoms with van der Waals surface area (Å²) >= 11 is 0. The fraction of sp³-hybridized carbons (Fsp3) is 0.818. The van der Waals surface area contributed by atoms with E-state index in [2.05, 4.69) is 70.0 Å². The van der Waals surface area contributed by atoms with E-state index < -0.39 is 22.8 Å². The Morgan fingerprint density at radius 1 is 0.733 bits per heavy atom. The zero-order chi connectivity index (χ0) is 12.5. The van der Waals surface area contributed by atoms with Crippen LogP contribution in [0.5, 0.6) is 0 Å². The van der Waals surface area contributed by atoms with E-state index in [1.165, 1.54) is 0 Å². The minimum Gasteiger partial charge on any atom is -0.142 e. The van der Waals surface area contributed by atoms with Crippen molar-refractivity contribution in [2.24, 2.45) is 0 Å². The molecule has 0 fully saturated rings. The van der Waals surface area contributed by atoms with Crippen LogP contribution >= 0.6 is 0 Å². The summed E-state index contributed by atoms with van der Waals surface area (Å²) in [6, 6.07) is 0. The predicted molar refractivity (Wildman–Crippen MR) is 83.6 cm³/mol. The van der Waals surface area contributed by atoms with Crippen LogP contribution in [0.1, 0.15) is 0 Å². The summed E-state index contributed by atoms with van der Waals surface area (Å²) in [4.78, 5) is 0. The molecular weight excluding hydrogens is 244 g/mol. The molecule has 0 saturated heterocycles. The maximum absolute atomic E-state index is 3.76. The maximum atomic E-state index is 3.76. The molecule has 0 aliphatic rings. The van der Waals surface area contributed by atoms with E-state index in [-0.39, 0.29) is 8.31 Å². The van der Waals surface area contributed by atoms with Crippen LogP contribution in [-0.2, 0) is 0 Å². The first-order valence-corrected chi connectivity index (χ1v) is 19.8. The van der Waals surface area contributed by atoms with Gasteiger partial charge in [0.25, 0.3) is 0 Å². The molecule has 0 rings (SSSR count). The van der Waals surface area contributed by atoms with E-state index in [1.807, 2.05) is 0 Å². The van der Waals surface area contributed by atoms with Gasteiger partial charge in [-0.05, 0) is 0 Å². The predicted octanol–water partition coefficient (Wildman–Crippen LogP) is 3.73. The fourth-order valence-electron chi connectivity index (χ4n) is 1.12. The van der Waals surface area contributed by atoms with Gasteiger partial charge < -0.3 is 0 Å². The van der Waals surface area contributed by atoms with Crippen molar-refractivity contribution in [2.45, 2.75) is 58.9 Å². The first-order chi connectivity index (χ1) is 6.40. The van der Waals surface area contributed by atoms with Crippen LogP contribution in [0.25, 0.3) is 0 Å². The lowest BCUT2D eigenvalue weighted by molar-refractivity contribution is 1.80. The van der Waals surface area contributed by atoms with Gasteiger partial charge in [0.15, 0.2) is 0 Å². The molecule has 0 spiro atoms. The zero-order valence-corrected chi connectivity index (χ0v) is 16.0. The maximum Gasteiger partial charge on any atom is 0.128 e. The van der Waals surface area contributed by atoms with Gasteiger partial charge in [-0.25, -0.2) is 0 Å². The molecule has 0 aromatic carbocycles. The lowest BCUT2D eigenvalue weighted by Crippen LogP contribution is -2.62. The summed E-state index contributed by atoms with van der Waals surface area (Å²) in [5.41, 5.74) is 7.38. The van der Waals surface area contributed by atoms with E-state index in [4.69, 9.17) is 0 Å². The smallest absolute Gasteiger partial charge is 0.128 e. The molecular formula is C11H27Si4. The SMILES string of the molecule is C[Si](C)[Si](C)(C)[Si](C)(C)C#C[Si](C)(C)C. The van der Waals surface area contributed by atoms with Gasteiger partial charge in [-0.3, -0.25) is 0 Å². The molecule has 0 bridgehead atoms. The third kappa shape index (κ3) is 4.43. The topological polar surface area (TPSA) is 0 Å². The molecule has 0 amide bonds. The van der Waals surface area contributed by atoms with Crippen molar-refractivity contribution in [1.29, 1.82) is 0 Å². The van der Waals surface area contributed by atoms with Crippen LogP contribution in [0.4, 0.5) is 0 Å². The van der Waals surface area contributed by atoms with Gasteiger partial charge in [-0.1, -0.05) is 58.9 Å². The molecule has 0 N–H and O–H groups in total. The number of rotatable bonds is 2. The molecule has 0 saturated carbocycles. The minimum absolute atomic E-state index is 0.121. The summed E-state index contributed by atoms with van der Waals surface area (Å²) in [5.74, 6) is 0. The van der Waals surface area contributed by atoms with Crippen molar-refractivity contribution in [1.82, 2.24) is 0 Å². The van der Waals surface area contributed by atoms with Gasteiger partial charge in [0.05, 0.1) is 0 Å². The molecule has 0 aromatic rings. The molecule has 15 heavy (non-hydrogen) atoms. The van der Waals surface area contributed by atoms with Gasteiger partial charge in [-0.2, -0.15) is 0 Å². The Kier molecular flexibility index (Phi) is 4.87. The first kappa shape index (κ1) is 15.4. The molecule has 0 unspecified atom stereocenters. The van der Waals surface area contributed by atoms with E-state index in [1.54, 1.807) is 0 Å². The van der Waals surface area contributed by atoms with Crippen molar-refractivity contribution in [3.8, 4) is 11.1 Å². The highest BCUT2D eigenvalue weighted by atomic mass is 29.6. The second kappa shape index (κ2) is 4.74. The summed E-state index contributed by atoms with van der Waals surface area (Å²) in [7, 11) is -3.56. The molecule has 4 heteroatoms. The van der Waals surface area contributed by atoms with Crippen LogP contribution in [0.3, 0.4) is 0 Å². The fourth-order valence-corrected chi connectivity index (χ4v) is 22.5. The summed E-state index contributed by atoms with van der Waals surface area (Å²) < 4.78 is 0. The third-order valence-corrected chi connectivity index (χ3v) is 38.4. The van der Waals surface area contributed by atoms with Crippen LogP contribution in [0.15, 0.2) is 0 Å². The normalized spacial score (nSPS) is 13.7. The highest BCUT2D eigenvalue weighted by Crippen LogP contribution is 2.21. The second-order valence-electron chi connectivity index (χ2n) is 6.75. The Morgan fingerprint density at radius 2 is 1.13 bits per heavy atom. The lowest BCUT2D eigenvalue weighted by atomic mass is 11.4. The van der Waals surface area contributed by atoms with Crippen molar-refractivity contribution in [3.63, 3.8) is 0 Å². The molecule has 0 nitrogen and oxygen atoms in total. The zero-order valence-electron chi connectivity index (χ0n) is 12.0. The Labute approximate surface area is 101 Å². The third-order valence-electron chi connectivity index (χ3n) is 3.56. The van der Waals surface area contributed by atoms with Crippen LogP contribution < -0.4 is 0 Å². The van der Waals surface area contributed by atoms with Crippen LogP contribution in [-0.4, -0.2) is 31.1 Å². The average Bonchev–Trinajstić information content (AvgIpc) is 1.99. The molecule has 1 radical (unpaired) electrons. The molecule has 0 heterocycles. The minimum atomic E-state index is -1.25. The van der Waals surface area contributed by atoms with Crippen molar-refractivity contribution in [3.05, 3.63) is 0 Å². The van der Waals surface area contributed by atoms with E-state index in [0.717, 1.165) is 0 Å². The monoisotopic (exact) mass is 271 g/mol. The number of hydrogen-bond donors (Lipinski definition) is 0. The summed E-state index contributed by atoms with van der Waals surface area (Å²) in [5, 5.41) is 0. The first-order valence-electron chi connectivity index (χ1n) is 5.75. The highest BCUT2D eigenvalue weighted by Gasteiger charge is 2.42. The van der Waals surface area contributed by atoms with Gasteiger partial charge in [0.2, 0.25) is 0 Å². The van der Waals surface area contributed by atoms with Crippen molar-refractivity contribution < 1.29 is 0 Å². The molecule has 0 aliphatic heterocycles. The van der Waals surface area contributed by atoms with Gasteiger partial charge in [0.1, 0.15) is 15.7 Å². The van der Waals surface area contributed by atoms with E-state index >= 15 is 0 Å². The Balaban J connectivity index is 5.05. The van der Waals surface area contributed by atoms with Crippen molar-refractivity contribution >= 4 is 31.1 Å². The average molecular weight is 272 g/mol. The van der Waals surface area contributed by atoms with Crippen LogP contribution in [0.2, 0.25) is 58.9 Å². The van der Waals surface area contributed by atoms with Gasteiger partial charge in [0, 0.05) is 15.4 Å². The molecule has 0 atom stereocenters. The highest BCUT2D eigenvalue weighted by molar-refractivity contribution is 7.65. The molecule has 87 valence electrons. The molecule has 0 aromatic heterocycles. The lowest BCUT2D eigenvalue weighted by Gasteiger charge is -2.37. The molecule has 0 aliphatic carbocycles. The summed E-state index contributed by atoms with van der Waals surface area (Å²) in [6.07, 6.45) is 0. The second-order valence-corrected chi connectivity index (χ2v) is 36.0. The van der Waals surface area contributed by atoms with Gasteiger partial charge >= 0.3 is 0 Å². The summed E-state index contributed by atoms with van der Waals surface area (Å²) in [6.45, 7) is 22.2. The quantitative estimate of drug-likeness (QED) is 0.530. The largest absolute Gasteiger partial charge is 0.142 e.